The van der Waals surface area contributed by atoms with E-state index in [4.69, 9.17) is 0 Å². The number of unbranched alkanes of at least 4 members (excludes halogenated alkanes) is 14. The summed E-state index contributed by atoms with van der Waals surface area (Å²) in [4.78, 5) is 10.2. The quantitative estimate of drug-likeness (QED) is 0.387. The van der Waals surface area contributed by atoms with E-state index in [1.165, 1.54) is 83.5 Å². The van der Waals surface area contributed by atoms with Crippen LogP contribution in [0.2, 0.25) is 0 Å². The number of carboxylic acids is 1. The Morgan fingerprint density at radius 3 is 1.14 bits per heavy atom. The van der Waals surface area contributed by atoms with Crippen molar-refractivity contribution >= 4 is 5.97 Å². The molecule has 0 aromatic rings. The van der Waals surface area contributed by atoms with Crippen molar-refractivity contribution in [1.29, 1.82) is 0 Å². The molecule has 0 spiro atoms. The van der Waals surface area contributed by atoms with E-state index in [1.807, 2.05) is 0 Å². The van der Waals surface area contributed by atoms with Gasteiger partial charge in [-0.25, -0.2) is 0 Å². The summed E-state index contributed by atoms with van der Waals surface area (Å²) in [6, 6.07) is 0. The van der Waals surface area contributed by atoms with Crippen molar-refractivity contribution in [3.8, 4) is 0 Å². The molecule has 0 aromatic carbocycles. The molecule has 22 heavy (non-hydrogen) atoms. The molecule has 0 aliphatic rings. The number of rotatable bonds is 16. The zero-order valence-electron chi connectivity index (χ0n) is 14.5. The average Bonchev–Trinajstić information content (AvgIpc) is 2.43. The summed E-state index contributed by atoms with van der Waals surface area (Å²) in [7, 11) is 0. The zero-order chi connectivity index (χ0) is 14.9. The van der Waals surface area contributed by atoms with E-state index in [0.29, 0.717) is 0 Å². The molecule has 0 bridgehead atoms. The van der Waals surface area contributed by atoms with Crippen LogP contribution >= 0.6 is 0 Å². The Kier molecular flexibility index (Phi) is 27.1. The first kappa shape index (κ1) is 26.3. The van der Waals surface area contributed by atoms with Crippen molar-refractivity contribution in [2.45, 2.75) is 110 Å². The second kappa shape index (κ2) is 22.7. The highest BCUT2D eigenvalue weighted by atomic mass is 16.4. The highest BCUT2D eigenvalue weighted by molar-refractivity contribution is 5.63. The Morgan fingerprint density at radius 1 is 0.591 bits per heavy atom. The summed E-state index contributed by atoms with van der Waals surface area (Å²) in [6.07, 6.45) is 19.9. The Balaban J connectivity index is -0.00000180. The van der Waals surface area contributed by atoms with Gasteiger partial charge in [0.25, 0.3) is 0 Å². The van der Waals surface area contributed by atoms with Gasteiger partial charge in [-0.2, -0.15) is 0 Å². The third-order valence-electron chi connectivity index (χ3n) is 3.98. The van der Waals surface area contributed by atoms with Crippen molar-refractivity contribution < 1.29 is 20.9 Å². The average molecular weight is 317 g/mol. The number of carbonyl (C=O) groups excluding carboxylic acids is 1. The Bertz CT molecular complexity index is 207. The molecule has 0 amide bonds. The molecule has 0 aliphatic carbocycles. The molecule has 0 saturated heterocycles. The molecule has 0 aliphatic heterocycles. The van der Waals surface area contributed by atoms with E-state index in [1.54, 1.807) is 0 Å². The van der Waals surface area contributed by atoms with Gasteiger partial charge in [-0.05, 0) is 12.8 Å². The van der Waals surface area contributed by atoms with Crippen LogP contribution in [-0.4, -0.2) is 16.9 Å². The predicted octanol–water partition coefficient (Wildman–Crippen LogP) is 4.64. The smallest absolute Gasteiger partial charge is 0.0414 e. The fraction of sp³-hybridized carbons (Fsp3) is 0.944. The normalized spacial score (nSPS) is 9.86. The largest absolute Gasteiger partial charge is 0.870 e. The van der Waals surface area contributed by atoms with Crippen molar-refractivity contribution in [1.82, 2.24) is 0 Å². The number of hydrogen-bond acceptors (Lipinski definition) is 4. The van der Waals surface area contributed by atoms with Gasteiger partial charge < -0.3 is 20.9 Å². The molecule has 2 N–H and O–H groups in total. The topological polar surface area (TPSA) is 100 Å². The van der Waals surface area contributed by atoms with Crippen LogP contribution in [0.5, 0.6) is 0 Å². The van der Waals surface area contributed by atoms with Gasteiger partial charge in [0.15, 0.2) is 0 Å². The van der Waals surface area contributed by atoms with E-state index in [-0.39, 0.29) is 17.4 Å². The van der Waals surface area contributed by atoms with Gasteiger partial charge in [0.2, 0.25) is 0 Å². The SMILES string of the molecule is CCCCCCCCCCCCCCCCCC(=O)[O-].[OH-].[OH-]. The fourth-order valence-electron chi connectivity index (χ4n) is 2.64. The van der Waals surface area contributed by atoms with Gasteiger partial charge in [-0.1, -0.05) is 96.8 Å². The minimum absolute atomic E-state index is 0. The second-order valence-electron chi connectivity index (χ2n) is 6.07. The second-order valence-corrected chi connectivity index (χ2v) is 6.07. The van der Waals surface area contributed by atoms with E-state index in [2.05, 4.69) is 6.92 Å². The number of carbonyl (C=O) groups is 1. The number of aliphatic carboxylic acids is 1. The van der Waals surface area contributed by atoms with E-state index < -0.39 is 5.97 Å². The molecule has 4 nitrogen and oxygen atoms in total. The molecular weight excluding hydrogens is 280 g/mol. The van der Waals surface area contributed by atoms with E-state index >= 15 is 0 Å². The van der Waals surface area contributed by atoms with Crippen LogP contribution in [-0.2, 0) is 4.79 Å². The summed E-state index contributed by atoms with van der Waals surface area (Å²) in [5.41, 5.74) is 0. The Morgan fingerprint density at radius 2 is 0.864 bits per heavy atom. The molecular formula is C18H37O4-3. The molecule has 0 saturated carbocycles. The maximum atomic E-state index is 10.2. The maximum absolute atomic E-state index is 10.2. The lowest BCUT2D eigenvalue weighted by atomic mass is 10.0. The number of carboxylic acid groups (broad SMARTS) is 1. The molecule has 0 fully saturated rings. The monoisotopic (exact) mass is 317 g/mol. The molecule has 136 valence electrons. The van der Waals surface area contributed by atoms with Crippen LogP contribution in [0.1, 0.15) is 110 Å². The molecule has 4 heteroatoms. The van der Waals surface area contributed by atoms with Crippen LogP contribution in [0.3, 0.4) is 0 Å². The summed E-state index contributed by atoms with van der Waals surface area (Å²) >= 11 is 0. The van der Waals surface area contributed by atoms with E-state index in [0.717, 1.165) is 12.8 Å². The van der Waals surface area contributed by atoms with Crippen LogP contribution < -0.4 is 5.11 Å². The zero-order valence-corrected chi connectivity index (χ0v) is 14.5. The minimum atomic E-state index is -0.903. The van der Waals surface area contributed by atoms with Crippen molar-refractivity contribution in [3.63, 3.8) is 0 Å². The lowest BCUT2D eigenvalue weighted by Gasteiger charge is -2.04. The van der Waals surface area contributed by atoms with Crippen molar-refractivity contribution in [2.24, 2.45) is 0 Å². The Labute approximate surface area is 137 Å². The van der Waals surface area contributed by atoms with Crippen LogP contribution in [0.25, 0.3) is 0 Å². The third kappa shape index (κ3) is 24.4. The molecule has 0 radical (unpaired) electrons. The van der Waals surface area contributed by atoms with Gasteiger partial charge in [0, 0.05) is 5.97 Å². The first-order chi connectivity index (χ1) is 9.77. The van der Waals surface area contributed by atoms with Gasteiger partial charge in [0.1, 0.15) is 0 Å². The van der Waals surface area contributed by atoms with Crippen LogP contribution in [0.4, 0.5) is 0 Å². The van der Waals surface area contributed by atoms with Gasteiger partial charge in [-0.3, -0.25) is 0 Å². The highest BCUT2D eigenvalue weighted by Crippen LogP contribution is 2.13. The fourth-order valence-corrected chi connectivity index (χ4v) is 2.64. The number of hydrogen-bond donors (Lipinski definition) is 0. The van der Waals surface area contributed by atoms with Crippen molar-refractivity contribution in [2.75, 3.05) is 0 Å². The molecule has 0 heterocycles. The van der Waals surface area contributed by atoms with Gasteiger partial charge in [-0.15, -0.1) is 0 Å². The standard InChI is InChI=1S/C18H36O2.2H2O/c1-2-3-4-5-6-7-8-9-10-11-12-13-14-15-16-17-18(19)20;;/h2-17H2,1H3,(H,19,20);2*1H2/p-3. The molecule has 0 aromatic heterocycles. The van der Waals surface area contributed by atoms with Crippen molar-refractivity contribution in [3.05, 3.63) is 0 Å². The molecule has 0 rings (SSSR count). The lowest BCUT2D eigenvalue weighted by Crippen LogP contribution is -2.21. The molecule has 0 unspecified atom stereocenters. The minimum Gasteiger partial charge on any atom is -0.870 e. The van der Waals surface area contributed by atoms with Crippen LogP contribution in [0, 0.1) is 0 Å². The first-order valence-electron chi connectivity index (χ1n) is 8.97. The van der Waals surface area contributed by atoms with Gasteiger partial charge in [0.05, 0.1) is 0 Å². The first-order valence-corrected chi connectivity index (χ1v) is 8.97. The molecule has 0 atom stereocenters. The highest BCUT2D eigenvalue weighted by Gasteiger charge is 1.94. The van der Waals surface area contributed by atoms with Crippen LogP contribution in [0.15, 0.2) is 0 Å². The van der Waals surface area contributed by atoms with E-state index in [9.17, 15) is 9.90 Å². The maximum Gasteiger partial charge on any atom is 0.0414 e. The summed E-state index contributed by atoms with van der Waals surface area (Å²) in [5, 5.41) is 10.2. The predicted molar refractivity (Wildman–Crippen MR) is 88.4 cm³/mol. The summed E-state index contributed by atoms with van der Waals surface area (Å²) < 4.78 is 0. The summed E-state index contributed by atoms with van der Waals surface area (Å²) in [5.74, 6) is -0.903. The lowest BCUT2D eigenvalue weighted by molar-refractivity contribution is -0.305. The third-order valence-corrected chi connectivity index (χ3v) is 3.98. The van der Waals surface area contributed by atoms with Gasteiger partial charge >= 0.3 is 0 Å². The Hall–Kier alpha value is -0.610. The summed E-state index contributed by atoms with van der Waals surface area (Å²) in [6.45, 7) is 2.27.